The Morgan fingerprint density at radius 1 is 0.548 bits per heavy atom. The first kappa shape index (κ1) is 61.1. The zero-order valence-electron chi connectivity index (χ0n) is 41.6. The molecule has 0 bridgehead atoms. The van der Waals surface area contributed by atoms with Crippen molar-refractivity contribution in [2.24, 2.45) is 10.8 Å². The van der Waals surface area contributed by atoms with E-state index in [4.69, 9.17) is 35.3 Å². The number of esters is 2. The Morgan fingerprint density at radius 2 is 0.871 bits per heavy atom. The smallest absolute Gasteiger partial charge is 0.408 e. The van der Waals surface area contributed by atoms with Crippen LogP contribution < -0.4 is 21.1 Å². The Hall–Kier alpha value is -3.01. The Bertz CT molecular complexity index is 1350. The minimum Gasteiger partial charge on any atom is -0.548 e. The fourth-order valence-corrected chi connectivity index (χ4v) is 5.26. The predicted molar refractivity (Wildman–Crippen MR) is 239 cm³/mol. The Balaban J connectivity index is 0. The van der Waals surface area contributed by atoms with Crippen LogP contribution in [0.5, 0.6) is 0 Å². The first-order valence-electron chi connectivity index (χ1n) is 22.1. The summed E-state index contributed by atoms with van der Waals surface area (Å²) in [6, 6.07) is -0.391. The SMILES string of the molecule is C1CCC([NH2+]C2CCCCC2)CC1.CC(C)(C)C(=O)Cl.CC(C)(C)OC[C@H](NC(=O)OC(C)(C)C)C(=O)OC(=O)C(C)(C)C.CC(C)(C)OC[C@H](NC(=O)OC(C)(C)C)C(=O)[O-]. The number of hydrogen-bond acceptors (Lipinski definition) is 12. The average Bonchev–Trinajstić information content (AvgIpc) is 3.07. The molecule has 2 rings (SSSR count). The molecule has 0 unspecified atom stereocenters. The van der Waals surface area contributed by atoms with Gasteiger partial charge >= 0.3 is 24.1 Å². The molecule has 2 amide bonds. The summed E-state index contributed by atoms with van der Waals surface area (Å²) in [6.07, 6.45) is 13.4. The van der Waals surface area contributed by atoms with E-state index < -0.39 is 70.0 Å². The van der Waals surface area contributed by atoms with Crippen LogP contribution in [0.3, 0.4) is 0 Å². The maximum Gasteiger partial charge on any atom is 0.408 e. The Kier molecular flexibility index (Phi) is 26.9. The van der Waals surface area contributed by atoms with Crippen LogP contribution in [0.1, 0.15) is 189 Å². The lowest BCUT2D eigenvalue weighted by Crippen LogP contribution is -2.95. The zero-order chi connectivity index (χ0) is 48.9. The first-order valence-corrected chi connectivity index (χ1v) is 22.5. The fourth-order valence-electron chi connectivity index (χ4n) is 5.26. The second-order valence-corrected chi connectivity index (χ2v) is 22.4. The summed E-state index contributed by atoms with van der Waals surface area (Å²) in [5, 5.41) is 17.9. The number of amides is 2. The van der Waals surface area contributed by atoms with Crippen LogP contribution in [-0.2, 0) is 42.9 Å². The van der Waals surface area contributed by atoms with E-state index in [-0.39, 0.29) is 23.9 Å². The molecule has 0 aromatic rings. The van der Waals surface area contributed by atoms with Crippen LogP contribution in [0.25, 0.3) is 0 Å². The molecule has 0 heterocycles. The topological polar surface area (TPSA) is 212 Å². The van der Waals surface area contributed by atoms with Gasteiger partial charge in [0.25, 0.3) is 0 Å². The summed E-state index contributed by atoms with van der Waals surface area (Å²) < 4.78 is 25.7. The third-order valence-electron chi connectivity index (χ3n) is 8.56. The van der Waals surface area contributed by atoms with Gasteiger partial charge in [0.1, 0.15) is 11.2 Å². The first-order chi connectivity index (χ1) is 27.8. The molecule has 16 heteroatoms. The van der Waals surface area contributed by atoms with E-state index in [2.05, 4.69) is 16.0 Å². The molecule has 0 spiro atoms. The number of ether oxygens (including phenoxy) is 5. The fraction of sp³-hybridized carbons (Fsp3) is 0.870. The van der Waals surface area contributed by atoms with Gasteiger partial charge in [-0.05, 0) is 167 Å². The third kappa shape index (κ3) is 35.5. The van der Waals surface area contributed by atoms with Crippen molar-refractivity contribution >= 4 is 46.9 Å². The van der Waals surface area contributed by atoms with E-state index in [9.17, 15) is 33.9 Å². The highest BCUT2D eigenvalue weighted by Gasteiger charge is 2.33. The molecule has 2 aliphatic rings. The van der Waals surface area contributed by atoms with Crippen LogP contribution in [0.2, 0.25) is 0 Å². The molecule has 2 atom stereocenters. The number of alkyl carbamates (subject to hydrolysis) is 2. The Morgan fingerprint density at radius 3 is 1.15 bits per heavy atom. The lowest BCUT2D eigenvalue weighted by atomic mass is 9.91. The van der Waals surface area contributed by atoms with Crippen LogP contribution in [-0.4, -0.2) is 95.1 Å². The highest BCUT2D eigenvalue weighted by atomic mass is 35.5. The van der Waals surface area contributed by atoms with Crippen molar-refractivity contribution in [2.75, 3.05) is 13.2 Å². The van der Waals surface area contributed by atoms with Crippen molar-refractivity contribution in [3.63, 3.8) is 0 Å². The van der Waals surface area contributed by atoms with Crippen molar-refractivity contribution < 1.29 is 62.9 Å². The molecular weight excluding hydrogens is 822 g/mol. The molecule has 364 valence electrons. The monoisotopic (exact) mass is 908 g/mol. The molecule has 0 aromatic heterocycles. The second-order valence-electron chi connectivity index (χ2n) is 22.0. The molecule has 0 aliphatic heterocycles. The van der Waals surface area contributed by atoms with Crippen LogP contribution in [0, 0.1) is 10.8 Å². The molecule has 2 aliphatic carbocycles. The maximum atomic E-state index is 12.2. The van der Waals surface area contributed by atoms with Crippen molar-refractivity contribution in [1.82, 2.24) is 10.6 Å². The van der Waals surface area contributed by atoms with Crippen molar-refractivity contribution in [1.29, 1.82) is 0 Å². The van der Waals surface area contributed by atoms with Crippen molar-refractivity contribution in [2.45, 2.75) is 235 Å². The summed E-state index contributed by atoms with van der Waals surface area (Å²) in [5.74, 6) is -2.98. The van der Waals surface area contributed by atoms with Gasteiger partial charge < -0.3 is 49.5 Å². The van der Waals surface area contributed by atoms with Crippen molar-refractivity contribution in [3.8, 4) is 0 Å². The minimum atomic E-state index is -1.41. The third-order valence-corrected chi connectivity index (χ3v) is 9.12. The van der Waals surface area contributed by atoms with E-state index in [1.165, 1.54) is 64.2 Å². The number of rotatable bonds is 10. The molecular formula is C46H86ClN3O12. The number of nitrogens with one attached hydrogen (secondary N) is 2. The van der Waals surface area contributed by atoms with Gasteiger partial charge in [0, 0.05) is 5.41 Å². The highest BCUT2D eigenvalue weighted by molar-refractivity contribution is 6.64. The number of carboxylic acid groups (broad SMARTS) is 1. The number of quaternary nitrogens is 1. The van der Waals surface area contributed by atoms with Gasteiger partial charge in [-0.25, -0.2) is 14.4 Å². The van der Waals surface area contributed by atoms with Gasteiger partial charge in [0.05, 0.1) is 53.9 Å². The van der Waals surface area contributed by atoms with Crippen LogP contribution in [0.15, 0.2) is 0 Å². The summed E-state index contributed by atoms with van der Waals surface area (Å²) in [5.41, 5.74) is -3.64. The van der Waals surface area contributed by atoms with E-state index >= 15 is 0 Å². The number of halogens is 1. The molecule has 0 aromatic carbocycles. The van der Waals surface area contributed by atoms with Crippen LogP contribution >= 0.6 is 11.6 Å². The van der Waals surface area contributed by atoms with Gasteiger partial charge in [0.2, 0.25) is 5.24 Å². The molecule has 62 heavy (non-hydrogen) atoms. The number of carbonyl (C=O) groups excluding carboxylic acids is 6. The van der Waals surface area contributed by atoms with Crippen molar-refractivity contribution in [3.05, 3.63) is 0 Å². The largest absolute Gasteiger partial charge is 0.548 e. The number of aliphatic carboxylic acids is 1. The standard InChI is InChI=1S/C17H31NO6.C12H23NO5.C12H23N.C5H9ClO/c1-15(2,3)13(20)23-12(19)11(10-22-16(4,5)6)18-14(21)24-17(7,8)9;1-11(2,3)17-7-8(9(14)15)13-10(16)18-12(4,5)6;1-3-7-11(8-4-1)13-12-9-5-2-6-10-12;1-5(2,3)4(6)7/h11H,10H2,1-9H3,(H,18,21);8H,7H2,1-6H3,(H,13,16)(H,14,15);11-13H,1-10H2;1-3H3/t11-;8-;;/m00../s1. The average molecular weight is 909 g/mol. The van der Waals surface area contributed by atoms with Gasteiger partial charge in [-0.3, -0.25) is 9.59 Å². The van der Waals surface area contributed by atoms with Gasteiger partial charge in [-0.15, -0.1) is 0 Å². The lowest BCUT2D eigenvalue weighted by molar-refractivity contribution is -0.725. The molecule has 2 fully saturated rings. The van der Waals surface area contributed by atoms with E-state index in [0.717, 1.165) is 12.1 Å². The Labute approximate surface area is 378 Å². The summed E-state index contributed by atoms with van der Waals surface area (Å²) >= 11 is 5.11. The van der Waals surface area contributed by atoms with Crippen LogP contribution in [0.4, 0.5) is 9.59 Å². The number of nitrogens with two attached hydrogens (primary N) is 1. The predicted octanol–water partition coefficient (Wildman–Crippen LogP) is 7.27. The summed E-state index contributed by atoms with van der Waals surface area (Å²) in [4.78, 5) is 68.5. The minimum absolute atomic E-state index is 0.140. The quantitative estimate of drug-likeness (QED) is 0.0855. The number of carbonyl (C=O) groups is 6. The van der Waals surface area contributed by atoms with E-state index in [0.29, 0.717) is 0 Å². The molecule has 15 nitrogen and oxygen atoms in total. The van der Waals surface area contributed by atoms with Gasteiger partial charge in [-0.1, -0.05) is 33.6 Å². The zero-order valence-corrected chi connectivity index (χ0v) is 42.4. The van der Waals surface area contributed by atoms with Gasteiger partial charge in [0.15, 0.2) is 6.04 Å². The summed E-state index contributed by atoms with van der Waals surface area (Å²) in [7, 11) is 0. The number of carboxylic acids is 1. The lowest BCUT2D eigenvalue weighted by Gasteiger charge is -2.27. The highest BCUT2D eigenvalue weighted by Crippen LogP contribution is 2.20. The summed E-state index contributed by atoms with van der Waals surface area (Å²) in [6.45, 7) is 30.9. The maximum absolute atomic E-state index is 12.2. The molecule has 0 saturated heterocycles. The molecule has 2 saturated carbocycles. The molecule has 4 N–H and O–H groups in total. The van der Waals surface area contributed by atoms with Gasteiger partial charge in [-0.2, -0.15) is 0 Å². The molecule has 0 radical (unpaired) electrons. The number of hydrogen-bond donors (Lipinski definition) is 3. The normalized spacial score (nSPS) is 16.5. The van der Waals surface area contributed by atoms with E-state index in [1.54, 1.807) is 104 Å². The van der Waals surface area contributed by atoms with E-state index in [1.807, 2.05) is 20.8 Å². The second kappa shape index (κ2) is 27.3.